The van der Waals surface area contributed by atoms with Crippen LogP contribution in [0.4, 0.5) is 0 Å². The van der Waals surface area contributed by atoms with E-state index in [-0.39, 0.29) is 0 Å². The van der Waals surface area contributed by atoms with Gasteiger partial charge in [-0.05, 0) is 0 Å². The van der Waals surface area contributed by atoms with Gasteiger partial charge >= 0.3 is 0 Å². The van der Waals surface area contributed by atoms with Gasteiger partial charge in [-0.1, -0.05) is 0 Å². The van der Waals surface area contributed by atoms with Crippen molar-refractivity contribution >= 4 is 32.9 Å². The predicted octanol–water partition coefficient (Wildman–Crippen LogP) is -0.0864. The highest BCUT2D eigenvalue weighted by Crippen LogP contribution is 2.08. The first-order chi connectivity index (χ1) is 5.00. The van der Waals surface area contributed by atoms with Gasteiger partial charge in [-0.3, -0.25) is 0 Å². The third kappa shape index (κ3) is 2.85. The van der Waals surface area contributed by atoms with Gasteiger partial charge < -0.3 is 0 Å². The van der Waals surface area contributed by atoms with Gasteiger partial charge in [0.25, 0.3) is 0 Å². The van der Waals surface area contributed by atoms with E-state index in [2.05, 4.69) is 26.0 Å². The molecule has 1 heterocycles. The lowest BCUT2D eigenvalue weighted by Gasteiger charge is -2.28. The van der Waals surface area contributed by atoms with Gasteiger partial charge in [-0.25, -0.2) is 11.5 Å². The molecule has 0 atom stereocenters. The van der Waals surface area contributed by atoms with Gasteiger partial charge in [-0.2, -0.15) is 4.31 Å². The van der Waals surface area contributed by atoms with Crippen LogP contribution in [0.15, 0.2) is 0 Å². The zero-order valence-corrected chi connectivity index (χ0v) is 9.30. The Bertz CT molecular complexity index is 221. The maximum Gasteiger partial charge on any atom is 0.211 e. The highest BCUT2D eigenvalue weighted by atomic mass is 127. The molecular weight excluding hydrogens is 279 g/mol. The highest BCUT2D eigenvalue weighted by molar-refractivity contribution is 14.1. The van der Waals surface area contributed by atoms with Crippen molar-refractivity contribution in [1.29, 1.82) is 0 Å². The van der Waals surface area contributed by atoms with Crippen LogP contribution in [0.1, 0.15) is 0 Å². The Kier molecular flexibility index (Phi) is 3.12. The topological polar surface area (TPSA) is 40.6 Å². The fourth-order valence-corrected chi connectivity index (χ4v) is 2.25. The summed E-state index contributed by atoms with van der Waals surface area (Å²) >= 11 is 2.21. The number of sulfonamides is 1. The standard InChI is InChI=1S/C5H11IN2O2S/c1-11(9,10)8-4-2-7(6)3-5-8/h2-5H2,1H3. The highest BCUT2D eigenvalue weighted by Gasteiger charge is 2.21. The smallest absolute Gasteiger partial charge is 0.211 e. The summed E-state index contributed by atoms with van der Waals surface area (Å²) in [4.78, 5) is 0. The van der Waals surface area contributed by atoms with Crippen molar-refractivity contribution in [1.82, 2.24) is 7.42 Å². The van der Waals surface area contributed by atoms with E-state index in [4.69, 9.17) is 0 Å². The first-order valence-electron chi connectivity index (χ1n) is 3.36. The van der Waals surface area contributed by atoms with Gasteiger partial charge in [0.2, 0.25) is 10.0 Å². The maximum atomic E-state index is 11.0. The van der Waals surface area contributed by atoms with E-state index in [9.17, 15) is 8.42 Å². The molecular formula is C5H11IN2O2S. The lowest BCUT2D eigenvalue weighted by atomic mass is 10.4. The first kappa shape index (κ1) is 9.69. The van der Waals surface area contributed by atoms with Gasteiger partial charge in [0.05, 0.1) is 6.26 Å². The minimum Gasteiger partial charge on any atom is -0.245 e. The zero-order valence-electron chi connectivity index (χ0n) is 6.33. The van der Waals surface area contributed by atoms with Crippen LogP contribution in [0, 0.1) is 0 Å². The molecule has 4 nitrogen and oxygen atoms in total. The lowest BCUT2D eigenvalue weighted by Crippen LogP contribution is -2.44. The lowest BCUT2D eigenvalue weighted by molar-refractivity contribution is 0.306. The molecule has 0 aromatic rings. The Morgan fingerprint density at radius 2 is 1.64 bits per heavy atom. The van der Waals surface area contributed by atoms with E-state index in [0.29, 0.717) is 13.1 Å². The summed E-state index contributed by atoms with van der Waals surface area (Å²) in [6.07, 6.45) is 1.26. The van der Waals surface area contributed by atoms with Gasteiger partial charge in [-0.15, -0.1) is 0 Å². The number of halogens is 1. The average Bonchev–Trinajstić information content (AvgIpc) is 1.86. The molecule has 0 amide bonds. The van der Waals surface area contributed by atoms with Crippen LogP contribution in [0.25, 0.3) is 0 Å². The molecule has 1 aliphatic rings. The van der Waals surface area contributed by atoms with Crippen LogP contribution in [-0.2, 0) is 10.0 Å². The third-order valence-corrected chi connectivity index (χ3v) is 3.92. The fourth-order valence-electron chi connectivity index (χ4n) is 0.995. The maximum absolute atomic E-state index is 11.0. The fraction of sp³-hybridized carbons (Fsp3) is 1.00. The molecule has 1 fully saturated rings. The largest absolute Gasteiger partial charge is 0.245 e. The van der Waals surface area contributed by atoms with E-state index < -0.39 is 10.0 Å². The van der Waals surface area contributed by atoms with Gasteiger partial charge in [0.1, 0.15) is 0 Å². The van der Waals surface area contributed by atoms with Crippen LogP contribution in [0.2, 0.25) is 0 Å². The number of hydrogen-bond acceptors (Lipinski definition) is 3. The average molecular weight is 290 g/mol. The van der Waals surface area contributed by atoms with Crippen LogP contribution in [-0.4, -0.2) is 48.3 Å². The summed E-state index contributed by atoms with van der Waals surface area (Å²) in [5, 5.41) is 0. The molecule has 0 N–H and O–H groups in total. The van der Waals surface area contributed by atoms with E-state index in [1.165, 1.54) is 10.6 Å². The third-order valence-electron chi connectivity index (χ3n) is 1.65. The molecule has 1 saturated heterocycles. The minimum atomic E-state index is -2.95. The molecule has 0 spiro atoms. The summed E-state index contributed by atoms with van der Waals surface area (Å²) in [5.74, 6) is 0. The Morgan fingerprint density at radius 1 is 1.18 bits per heavy atom. The molecule has 66 valence electrons. The molecule has 0 unspecified atom stereocenters. The molecule has 1 aliphatic heterocycles. The number of nitrogens with zero attached hydrogens (tertiary/aromatic N) is 2. The molecule has 0 saturated carbocycles. The van der Waals surface area contributed by atoms with Gasteiger partial charge in [0, 0.05) is 49.0 Å². The van der Waals surface area contributed by atoms with Crippen LogP contribution < -0.4 is 0 Å². The zero-order chi connectivity index (χ0) is 8.48. The van der Waals surface area contributed by atoms with E-state index in [0.717, 1.165) is 13.1 Å². The molecule has 1 rings (SSSR count). The van der Waals surface area contributed by atoms with E-state index in [1.807, 2.05) is 0 Å². The van der Waals surface area contributed by atoms with E-state index >= 15 is 0 Å². The molecule has 0 radical (unpaired) electrons. The second-order valence-corrected chi connectivity index (χ2v) is 5.92. The monoisotopic (exact) mass is 290 g/mol. The number of rotatable bonds is 1. The van der Waals surface area contributed by atoms with Crippen molar-refractivity contribution in [2.75, 3.05) is 32.4 Å². The minimum absolute atomic E-state index is 0.627. The van der Waals surface area contributed by atoms with E-state index in [1.54, 1.807) is 0 Å². The SMILES string of the molecule is CS(=O)(=O)N1CCN(I)CC1. The Hall–Kier alpha value is 0.600. The number of piperazine rings is 1. The van der Waals surface area contributed by atoms with Crippen molar-refractivity contribution in [2.24, 2.45) is 0 Å². The first-order valence-corrected chi connectivity index (χ1v) is 6.17. The molecule has 0 bridgehead atoms. The summed E-state index contributed by atoms with van der Waals surface area (Å²) in [6, 6.07) is 0. The van der Waals surface area contributed by atoms with Crippen molar-refractivity contribution in [3.8, 4) is 0 Å². The van der Waals surface area contributed by atoms with Crippen molar-refractivity contribution in [2.45, 2.75) is 0 Å². The Labute approximate surface area is 81.1 Å². The second-order valence-electron chi connectivity index (χ2n) is 2.57. The van der Waals surface area contributed by atoms with Crippen molar-refractivity contribution in [3.05, 3.63) is 0 Å². The summed E-state index contributed by atoms with van der Waals surface area (Å²) in [7, 11) is -2.95. The normalized spacial score (nSPS) is 23.8. The van der Waals surface area contributed by atoms with Crippen molar-refractivity contribution < 1.29 is 8.42 Å². The Balaban J connectivity index is 2.53. The summed E-state index contributed by atoms with van der Waals surface area (Å²) in [6.45, 7) is 2.91. The molecule has 6 heteroatoms. The quantitative estimate of drug-likeness (QED) is 0.501. The van der Waals surface area contributed by atoms with Crippen LogP contribution >= 0.6 is 22.9 Å². The second kappa shape index (κ2) is 3.55. The molecule has 0 aromatic heterocycles. The van der Waals surface area contributed by atoms with Gasteiger partial charge in [0.15, 0.2) is 0 Å². The number of hydrogen-bond donors (Lipinski definition) is 0. The molecule has 11 heavy (non-hydrogen) atoms. The molecule has 0 aromatic carbocycles. The predicted molar refractivity (Wildman–Crippen MR) is 52.0 cm³/mol. The van der Waals surface area contributed by atoms with Crippen molar-refractivity contribution in [3.63, 3.8) is 0 Å². The van der Waals surface area contributed by atoms with Crippen LogP contribution in [0.5, 0.6) is 0 Å². The molecule has 0 aliphatic carbocycles. The summed E-state index contributed by atoms with van der Waals surface area (Å²) < 4.78 is 25.6. The van der Waals surface area contributed by atoms with Crippen LogP contribution in [0.3, 0.4) is 0 Å². The Morgan fingerprint density at radius 3 is 2.00 bits per heavy atom. The summed E-state index contributed by atoms with van der Waals surface area (Å²) in [5.41, 5.74) is 0.